The van der Waals surface area contributed by atoms with Crippen molar-refractivity contribution in [2.45, 2.75) is 42.7 Å². The van der Waals surface area contributed by atoms with Gasteiger partial charge in [0.15, 0.2) is 0 Å². The number of aromatic nitrogens is 2. The third-order valence-corrected chi connectivity index (χ3v) is 8.12. The van der Waals surface area contributed by atoms with Gasteiger partial charge in [-0.25, -0.2) is 17.9 Å². The molecule has 5 rings (SSSR count). The Morgan fingerprint density at radius 2 is 1.79 bits per heavy atom. The number of benzene rings is 2. The van der Waals surface area contributed by atoms with Crippen molar-refractivity contribution >= 4 is 27.0 Å². The zero-order chi connectivity index (χ0) is 23.7. The van der Waals surface area contributed by atoms with Crippen LogP contribution in [0.1, 0.15) is 42.1 Å². The minimum Gasteiger partial charge on any atom is -0.377 e. The first-order chi connectivity index (χ1) is 16.4. The highest BCUT2D eigenvalue weighted by atomic mass is 32.2. The van der Waals surface area contributed by atoms with Crippen LogP contribution in [0.4, 0.5) is 0 Å². The van der Waals surface area contributed by atoms with Crippen LogP contribution in [0.25, 0.3) is 11.0 Å². The number of imidazole rings is 1. The Morgan fingerprint density at radius 1 is 1.06 bits per heavy atom. The standard InChI is InChI=1S/C24H28N4O5S/c29-23(17-7-9-20(10-8-17)34(31,32)25-16-19-4-3-15-33-19)27-13-11-18(12-14-27)28-22-6-2-1-5-21(22)26-24(28)30/h1-2,5-10,18-19,25H,3-4,11-16H2,(H,26,30)/t19-/m0/s1. The molecule has 0 spiro atoms. The number of nitrogens with one attached hydrogen (secondary N) is 2. The van der Waals surface area contributed by atoms with Crippen molar-refractivity contribution < 1.29 is 17.9 Å². The maximum absolute atomic E-state index is 13.0. The summed E-state index contributed by atoms with van der Waals surface area (Å²) in [5.74, 6) is -0.138. The van der Waals surface area contributed by atoms with Crippen LogP contribution >= 0.6 is 0 Å². The molecule has 0 bridgehead atoms. The first-order valence-corrected chi connectivity index (χ1v) is 13.1. The Morgan fingerprint density at radius 3 is 2.50 bits per heavy atom. The van der Waals surface area contributed by atoms with E-state index in [4.69, 9.17) is 4.74 Å². The number of rotatable bonds is 6. The zero-order valence-electron chi connectivity index (χ0n) is 18.8. The quantitative estimate of drug-likeness (QED) is 0.557. The van der Waals surface area contributed by atoms with E-state index in [-0.39, 0.29) is 35.2 Å². The average molecular weight is 485 g/mol. The third-order valence-electron chi connectivity index (χ3n) is 6.68. The molecule has 2 fully saturated rings. The van der Waals surface area contributed by atoms with E-state index in [0.29, 0.717) is 38.1 Å². The van der Waals surface area contributed by atoms with E-state index in [1.165, 1.54) is 12.1 Å². The summed E-state index contributed by atoms with van der Waals surface area (Å²) in [6.07, 6.45) is 3.06. The van der Waals surface area contributed by atoms with E-state index in [1.807, 2.05) is 24.3 Å². The number of sulfonamides is 1. The number of hydrogen-bond donors (Lipinski definition) is 2. The molecule has 0 saturated carbocycles. The number of nitrogens with zero attached hydrogens (tertiary/aromatic N) is 2. The molecule has 10 heteroatoms. The van der Waals surface area contributed by atoms with Crippen LogP contribution in [0, 0.1) is 0 Å². The van der Waals surface area contributed by atoms with Crippen LogP contribution in [0.3, 0.4) is 0 Å². The molecule has 2 aliphatic heterocycles. The molecule has 2 N–H and O–H groups in total. The van der Waals surface area contributed by atoms with E-state index in [2.05, 4.69) is 9.71 Å². The number of carbonyl (C=O) groups excluding carboxylic acids is 1. The minimum absolute atomic E-state index is 0.0233. The summed E-state index contributed by atoms with van der Waals surface area (Å²) < 4.78 is 34.9. The summed E-state index contributed by atoms with van der Waals surface area (Å²) in [7, 11) is -3.66. The van der Waals surface area contributed by atoms with Gasteiger partial charge in [0.05, 0.1) is 22.0 Å². The van der Waals surface area contributed by atoms with Gasteiger partial charge in [0, 0.05) is 37.8 Å². The van der Waals surface area contributed by atoms with Gasteiger partial charge in [0.1, 0.15) is 0 Å². The van der Waals surface area contributed by atoms with Crippen LogP contribution < -0.4 is 10.4 Å². The van der Waals surface area contributed by atoms with E-state index >= 15 is 0 Å². The van der Waals surface area contributed by atoms with Gasteiger partial charge in [0.2, 0.25) is 10.0 Å². The predicted octanol–water partition coefficient (Wildman–Crippen LogP) is 2.26. The number of hydrogen-bond acceptors (Lipinski definition) is 5. The lowest BCUT2D eigenvalue weighted by molar-refractivity contribution is 0.0695. The maximum Gasteiger partial charge on any atom is 0.326 e. The van der Waals surface area contributed by atoms with Gasteiger partial charge in [-0.05, 0) is 62.1 Å². The molecule has 2 saturated heterocycles. The fourth-order valence-corrected chi connectivity index (χ4v) is 5.88. The average Bonchev–Trinajstić information content (AvgIpc) is 3.49. The van der Waals surface area contributed by atoms with Gasteiger partial charge in [0.25, 0.3) is 5.91 Å². The number of fused-ring (bicyclic) bond motifs is 1. The molecule has 1 atom stereocenters. The number of piperidine rings is 1. The molecular weight excluding hydrogens is 456 g/mol. The van der Waals surface area contributed by atoms with Crippen LogP contribution in [-0.2, 0) is 14.8 Å². The molecule has 3 aromatic rings. The first-order valence-electron chi connectivity index (χ1n) is 11.6. The highest BCUT2D eigenvalue weighted by molar-refractivity contribution is 7.89. The molecule has 0 radical (unpaired) electrons. The number of aromatic amines is 1. The maximum atomic E-state index is 13.0. The van der Waals surface area contributed by atoms with Crippen LogP contribution in [-0.4, -0.2) is 61.1 Å². The molecule has 3 heterocycles. The van der Waals surface area contributed by atoms with Gasteiger partial charge in [-0.3, -0.25) is 9.36 Å². The summed E-state index contributed by atoms with van der Waals surface area (Å²) in [6, 6.07) is 13.7. The van der Waals surface area contributed by atoms with Gasteiger partial charge in [-0.15, -0.1) is 0 Å². The Bertz CT molecular complexity index is 1330. The van der Waals surface area contributed by atoms with E-state index < -0.39 is 10.0 Å². The van der Waals surface area contributed by atoms with Gasteiger partial charge < -0.3 is 14.6 Å². The second-order valence-electron chi connectivity index (χ2n) is 8.85. The molecule has 9 nitrogen and oxygen atoms in total. The van der Waals surface area contributed by atoms with Gasteiger partial charge in [-0.1, -0.05) is 12.1 Å². The molecule has 180 valence electrons. The number of likely N-dealkylation sites (tertiary alicyclic amines) is 1. The number of amides is 1. The minimum atomic E-state index is -3.66. The molecule has 2 aromatic carbocycles. The van der Waals surface area contributed by atoms with E-state index in [9.17, 15) is 18.0 Å². The van der Waals surface area contributed by atoms with Crippen molar-refractivity contribution in [2.24, 2.45) is 0 Å². The highest BCUT2D eigenvalue weighted by Crippen LogP contribution is 2.26. The van der Waals surface area contributed by atoms with Crippen LogP contribution in [0.5, 0.6) is 0 Å². The van der Waals surface area contributed by atoms with Gasteiger partial charge >= 0.3 is 5.69 Å². The number of ether oxygens (including phenoxy) is 1. The van der Waals surface area contributed by atoms with Crippen molar-refractivity contribution in [1.82, 2.24) is 19.2 Å². The lowest BCUT2D eigenvalue weighted by atomic mass is 10.0. The molecule has 0 aliphatic carbocycles. The topological polar surface area (TPSA) is 113 Å². The van der Waals surface area contributed by atoms with E-state index in [0.717, 1.165) is 23.9 Å². The lowest BCUT2D eigenvalue weighted by Crippen LogP contribution is -2.40. The summed E-state index contributed by atoms with van der Waals surface area (Å²) in [4.78, 5) is 30.3. The van der Waals surface area contributed by atoms with Crippen molar-refractivity contribution in [3.8, 4) is 0 Å². The lowest BCUT2D eigenvalue weighted by Gasteiger charge is -2.32. The normalized spacial score (nSPS) is 19.6. The second kappa shape index (κ2) is 9.36. The van der Waals surface area contributed by atoms with Gasteiger partial charge in [-0.2, -0.15) is 0 Å². The zero-order valence-corrected chi connectivity index (χ0v) is 19.6. The Hall–Kier alpha value is -2.95. The molecule has 34 heavy (non-hydrogen) atoms. The number of H-pyrrole nitrogens is 1. The summed E-state index contributed by atoms with van der Waals surface area (Å²) in [5, 5.41) is 0. The smallest absolute Gasteiger partial charge is 0.326 e. The van der Waals surface area contributed by atoms with Crippen LogP contribution in [0.15, 0.2) is 58.2 Å². The largest absolute Gasteiger partial charge is 0.377 e. The number of carbonyl (C=O) groups is 1. The fourth-order valence-electron chi connectivity index (χ4n) is 4.81. The predicted molar refractivity (Wildman–Crippen MR) is 127 cm³/mol. The van der Waals surface area contributed by atoms with Crippen molar-refractivity contribution in [2.75, 3.05) is 26.2 Å². The third kappa shape index (κ3) is 4.53. The fraction of sp³-hybridized carbons (Fsp3) is 0.417. The summed E-state index contributed by atoms with van der Waals surface area (Å²) in [5.41, 5.74) is 2.00. The van der Waals surface area contributed by atoms with Crippen molar-refractivity contribution in [3.63, 3.8) is 0 Å². The highest BCUT2D eigenvalue weighted by Gasteiger charge is 2.27. The summed E-state index contributed by atoms with van der Waals surface area (Å²) >= 11 is 0. The summed E-state index contributed by atoms with van der Waals surface area (Å²) in [6.45, 7) is 1.97. The van der Waals surface area contributed by atoms with E-state index in [1.54, 1.807) is 21.6 Å². The molecule has 0 unspecified atom stereocenters. The molecular formula is C24H28N4O5S. The SMILES string of the molecule is O=C(c1ccc(S(=O)(=O)NC[C@@H]2CCCO2)cc1)N1CCC(n2c(=O)[nH]c3ccccc32)CC1. The Kier molecular flexibility index (Phi) is 6.28. The monoisotopic (exact) mass is 484 g/mol. The molecule has 2 aliphatic rings. The molecule has 1 amide bonds. The Balaban J connectivity index is 1.21. The van der Waals surface area contributed by atoms with Crippen LogP contribution in [0.2, 0.25) is 0 Å². The molecule has 1 aromatic heterocycles. The first kappa shape index (κ1) is 22.8. The van der Waals surface area contributed by atoms with Crippen molar-refractivity contribution in [1.29, 1.82) is 0 Å². The van der Waals surface area contributed by atoms with Crippen molar-refractivity contribution in [3.05, 3.63) is 64.6 Å². The number of para-hydroxylation sites is 2. The second-order valence-corrected chi connectivity index (χ2v) is 10.6. The Labute approximate surface area is 197 Å².